The molecule has 25 heavy (non-hydrogen) atoms. The lowest BCUT2D eigenvalue weighted by molar-refractivity contribution is -0.137. The van der Waals surface area contributed by atoms with Crippen LogP contribution in [0.3, 0.4) is 0 Å². The van der Waals surface area contributed by atoms with Crippen LogP contribution < -0.4 is 0 Å². The van der Waals surface area contributed by atoms with Crippen LogP contribution in [-0.2, 0) is 14.3 Å². The van der Waals surface area contributed by atoms with Crippen molar-refractivity contribution in [2.75, 3.05) is 26.3 Å². The first-order valence-electron chi connectivity index (χ1n) is 9.60. The fourth-order valence-corrected chi connectivity index (χ4v) is 3.76. The van der Waals surface area contributed by atoms with E-state index in [0.29, 0.717) is 38.4 Å². The van der Waals surface area contributed by atoms with Crippen LogP contribution >= 0.6 is 0 Å². The quantitative estimate of drug-likeness (QED) is 0.734. The number of ether oxygens (including phenoxy) is 2. The minimum atomic E-state index is -0.497. The standard InChI is InChI=1S/C19H34N2O4/c1-6-8-20(18(23)25-19(3,4)5)14(7-2)11-21-15-9-17(22)10-16(21)13-24-12-15/h14-16H,6-13H2,1-5H3/t14-,15-,16+/m1/s1. The molecule has 6 heteroatoms. The number of ketones is 1. The first-order chi connectivity index (χ1) is 11.7. The smallest absolute Gasteiger partial charge is 0.410 e. The van der Waals surface area contributed by atoms with Crippen molar-refractivity contribution in [1.29, 1.82) is 0 Å². The topological polar surface area (TPSA) is 59.1 Å². The Labute approximate surface area is 151 Å². The minimum absolute atomic E-state index is 0.0890. The predicted molar refractivity (Wildman–Crippen MR) is 96.7 cm³/mol. The van der Waals surface area contributed by atoms with Crippen molar-refractivity contribution in [2.45, 2.75) is 84.0 Å². The second kappa shape index (κ2) is 8.49. The van der Waals surface area contributed by atoms with Crippen LogP contribution in [0.15, 0.2) is 0 Å². The largest absolute Gasteiger partial charge is 0.444 e. The molecule has 6 nitrogen and oxygen atoms in total. The van der Waals surface area contributed by atoms with Gasteiger partial charge in [-0.1, -0.05) is 13.8 Å². The molecule has 0 aromatic heterocycles. The van der Waals surface area contributed by atoms with Crippen molar-refractivity contribution in [1.82, 2.24) is 9.80 Å². The Bertz CT molecular complexity index is 459. The van der Waals surface area contributed by atoms with E-state index in [4.69, 9.17) is 9.47 Å². The van der Waals surface area contributed by atoms with Gasteiger partial charge in [0.25, 0.3) is 0 Å². The van der Waals surface area contributed by atoms with Crippen molar-refractivity contribution < 1.29 is 19.1 Å². The number of piperidine rings is 1. The van der Waals surface area contributed by atoms with Gasteiger partial charge in [-0.15, -0.1) is 0 Å². The molecular formula is C19H34N2O4. The van der Waals surface area contributed by atoms with Crippen LogP contribution in [0.2, 0.25) is 0 Å². The maximum atomic E-state index is 12.7. The molecule has 0 radical (unpaired) electrons. The third-order valence-electron chi connectivity index (χ3n) is 4.91. The second-order valence-electron chi connectivity index (χ2n) is 8.22. The van der Waals surface area contributed by atoms with Crippen LogP contribution in [0.1, 0.15) is 60.3 Å². The summed E-state index contributed by atoms with van der Waals surface area (Å²) >= 11 is 0. The zero-order chi connectivity index (χ0) is 18.6. The number of carbonyl (C=O) groups excluding carboxylic acids is 2. The molecule has 0 aromatic rings. The summed E-state index contributed by atoms with van der Waals surface area (Å²) in [6, 6.07) is 0.387. The molecule has 0 spiro atoms. The third kappa shape index (κ3) is 5.42. The molecule has 2 aliphatic heterocycles. The predicted octanol–water partition coefficient (Wildman–Crippen LogP) is 2.84. The molecule has 0 saturated carbocycles. The maximum absolute atomic E-state index is 12.7. The van der Waals surface area contributed by atoms with E-state index in [9.17, 15) is 9.59 Å². The van der Waals surface area contributed by atoms with E-state index in [0.717, 1.165) is 19.4 Å². The lowest BCUT2D eigenvalue weighted by atomic mass is 9.92. The van der Waals surface area contributed by atoms with Gasteiger partial charge in [-0.25, -0.2) is 4.79 Å². The number of rotatable bonds is 6. The van der Waals surface area contributed by atoms with Gasteiger partial charge in [-0.2, -0.15) is 0 Å². The van der Waals surface area contributed by atoms with Crippen LogP contribution in [0, 0.1) is 0 Å². The molecule has 3 atom stereocenters. The summed E-state index contributed by atoms with van der Waals surface area (Å²) in [5.41, 5.74) is -0.497. The van der Waals surface area contributed by atoms with E-state index in [1.165, 1.54) is 0 Å². The maximum Gasteiger partial charge on any atom is 0.410 e. The van der Waals surface area contributed by atoms with E-state index in [1.54, 1.807) is 0 Å². The monoisotopic (exact) mass is 354 g/mol. The number of morpholine rings is 1. The van der Waals surface area contributed by atoms with E-state index in [2.05, 4.69) is 18.7 Å². The molecule has 144 valence electrons. The average Bonchev–Trinajstić information content (AvgIpc) is 2.49. The number of fused-ring (bicyclic) bond motifs is 2. The SMILES string of the molecule is CCCN(C(=O)OC(C)(C)C)[C@H](CC)CN1[C@@H]2COC[C@H]1CC(=O)C2. The molecule has 0 aromatic carbocycles. The van der Waals surface area contributed by atoms with Crippen LogP contribution in [0.5, 0.6) is 0 Å². The highest BCUT2D eigenvalue weighted by Crippen LogP contribution is 2.27. The number of Topliss-reactive ketones (excluding diaryl/α,β-unsaturated/α-hetero) is 1. The van der Waals surface area contributed by atoms with Gasteiger partial charge in [-0.05, 0) is 33.6 Å². The first-order valence-corrected chi connectivity index (χ1v) is 9.60. The molecule has 1 amide bonds. The van der Waals surface area contributed by atoms with Gasteiger partial charge < -0.3 is 14.4 Å². The Kier molecular flexibility index (Phi) is 6.86. The van der Waals surface area contributed by atoms with Crippen molar-refractivity contribution in [3.8, 4) is 0 Å². The van der Waals surface area contributed by atoms with E-state index in [1.807, 2.05) is 25.7 Å². The summed E-state index contributed by atoms with van der Waals surface area (Å²) in [7, 11) is 0. The lowest BCUT2D eigenvalue weighted by Gasteiger charge is -2.47. The molecule has 2 bridgehead atoms. The lowest BCUT2D eigenvalue weighted by Crippen LogP contribution is -2.61. The van der Waals surface area contributed by atoms with Gasteiger partial charge in [0, 0.05) is 44.1 Å². The fourth-order valence-electron chi connectivity index (χ4n) is 3.76. The van der Waals surface area contributed by atoms with Gasteiger partial charge >= 0.3 is 6.09 Å². The highest BCUT2D eigenvalue weighted by molar-refractivity contribution is 5.80. The van der Waals surface area contributed by atoms with Crippen LogP contribution in [0.25, 0.3) is 0 Å². The molecule has 2 fully saturated rings. The second-order valence-corrected chi connectivity index (χ2v) is 8.22. The fraction of sp³-hybridized carbons (Fsp3) is 0.895. The average molecular weight is 354 g/mol. The summed E-state index contributed by atoms with van der Waals surface area (Å²) in [5.74, 6) is 0.333. The van der Waals surface area contributed by atoms with Crippen molar-refractivity contribution in [2.24, 2.45) is 0 Å². The van der Waals surface area contributed by atoms with E-state index in [-0.39, 0.29) is 24.2 Å². The summed E-state index contributed by atoms with van der Waals surface area (Å²) in [6.45, 7) is 12.6. The Morgan fingerprint density at radius 3 is 2.36 bits per heavy atom. The molecule has 0 N–H and O–H groups in total. The van der Waals surface area contributed by atoms with Gasteiger partial charge in [0.1, 0.15) is 11.4 Å². The molecule has 0 unspecified atom stereocenters. The minimum Gasteiger partial charge on any atom is -0.444 e. The highest BCUT2D eigenvalue weighted by Gasteiger charge is 2.40. The van der Waals surface area contributed by atoms with Crippen LogP contribution in [0.4, 0.5) is 4.79 Å². The Balaban J connectivity index is 2.09. The number of hydrogen-bond acceptors (Lipinski definition) is 5. The molecule has 2 aliphatic rings. The van der Waals surface area contributed by atoms with Crippen molar-refractivity contribution in [3.63, 3.8) is 0 Å². The summed E-state index contributed by atoms with van der Waals surface area (Å²) in [5, 5.41) is 0. The number of hydrogen-bond donors (Lipinski definition) is 0. The number of amides is 1. The number of nitrogens with zero attached hydrogens (tertiary/aromatic N) is 2. The molecule has 2 heterocycles. The molecule has 2 saturated heterocycles. The molecule has 0 aliphatic carbocycles. The zero-order valence-corrected chi connectivity index (χ0v) is 16.4. The molecule has 2 rings (SSSR count). The Hall–Kier alpha value is -1.14. The van der Waals surface area contributed by atoms with Crippen molar-refractivity contribution >= 4 is 11.9 Å². The van der Waals surface area contributed by atoms with E-state index < -0.39 is 5.60 Å². The normalized spacial score (nSPS) is 25.6. The summed E-state index contributed by atoms with van der Waals surface area (Å²) < 4.78 is 11.3. The highest BCUT2D eigenvalue weighted by atomic mass is 16.6. The van der Waals surface area contributed by atoms with Gasteiger partial charge in [0.2, 0.25) is 0 Å². The van der Waals surface area contributed by atoms with Gasteiger partial charge in [0.15, 0.2) is 0 Å². The van der Waals surface area contributed by atoms with Crippen LogP contribution in [-0.4, -0.2) is 71.7 Å². The first kappa shape index (κ1) is 20.2. The van der Waals surface area contributed by atoms with Gasteiger partial charge in [0.05, 0.1) is 13.2 Å². The van der Waals surface area contributed by atoms with E-state index >= 15 is 0 Å². The Morgan fingerprint density at radius 2 is 1.88 bits per heavy atom. The Morgan fingerprint density at radius 1 is 1.28 bits per heavy atom. The van der Waals surface area contributed by atoms with Crippen molar-refractivity contribution in [3.05, 3.63) is 0 Å². The summed E-state index contributed by atoms with van der Waals surface area (Å²) in [6.07, 6.45) is 2.64. The summed E-state index contributed by atoms with van der Waals surface area (Å²) in [4.78, 5) is 28.9. The number of carbonyl (C=O) groups is 2. The van der Waals surface area contributed by atoms with Gasteiger partial charge in [-0.3, -0.25) is 9.69 Å². The molecular weight excluding hydrogens is 320 g/mol. The zero-order valence-electron chi connectivity index (χ0n) is 16.4. The third-order valence-corrected chi connectivity index (χ3v) is 4.91.